The van der Waals surface area contributed by atoms with Gasteiger partial charge in [-0.2, -0.15) is 11.6 Å². The molecule has 0 spiro atoms. The van der Waals surface area contributed by atoms with Gasteiger partial charge in [-0.25, -0.2) is 6.08 Å². The van der Waals surface area contributed by atoms with Crippen molar-refractivity contribution in [3.05, 3.63) is 163 Å². The topological polar surface area (TPSA) is 0 Å². The molecule has 0 aromatic heterocycles. The van der Waals surface area contributed by atoms with Crippen LogP contribution in [0.1, 0.15) is 53.0 Å². The van der Waals surface area contributed by atoms with E-state index in [-0.39, 0.29) is 24.8 Å². The molecule has 3 heteroatoms. The molecular weight excluding hydrogens is 703 g/mol. The van der Waals surface area contributed by atoms with Crippen molar-refractivity contribution in [2.24, 2.45) is 11.3 Å². The van der Waals surface area contributed by atoms with Gasteiger partial charge in [0.1, 0.15) is 0 Å². The minimum absolute atomic E-state index is 0. The Bertz CT molecular complexity index is 1850. The van der Waals surface area contributed by atoms with Crippen molar-refractivity contribution in [3.8, 4) is 22.3 Å². The van der Waals surface area contributed by atoms with E-state index in [2.05, 4.69) is 180 Å². The Hall–Kier alpha value is -3.22. The fourth-order valence-corrected chi connectivity index (χ4v) is 6.19. The molecule has 7 rings (SSSR count). The van der Waals surface area contributed by atoms with Gasteiger partial charge in [-0.05, 0) is 11.1 Å². The van der Waals surface area contributed by atoms with Gasteiger partial charge in [0.05, 0.1) is 0 Å². The molecule has 0 nitrogen and oxygen atoms in total. The third-order valence-electron chi connectivity index (χ3n) is 8.42. The van der Waals surface area contributed by atoms with Crippen LogP contribution in [0.5, 0.6) is 0 Å². The fourth-order valence-electron chi connectivity index (χ4n) is 5.78. The minimum atomic E-state index is 0. The molecule has 6 aromatic rings. The number of hydrogen-bond donors (Lipinski definition) is 0. The van der Waals surface area contributed by atoms with Crippen LogP contribution in [0.15, 0.2) is 151 Å². The molecular formula is C45H44Cl2Zr-2. The van der Waals surface area contributed by atoms with Crippen molar-refractivity contribution in [1.29, 1.82) is 0 Å². The molecule has 0 saturated heterocycles. The molecule has 1 unspecified atom stereocenters. The number of rotatable bonds is 5. The molecule has 0 fully saturated rings. The van der Waals surface area contributed by atoms with Crippen LogP contribution in [-0.2, 0) is 24.2 Å². The van der Waals surface area contributed by atoms with Crippen LogP contribution in [0.3, 0.4) is 0 Å². The van der Waals surface area contributed by atoms with E-state index >= 15 is 0 Å². The maximum Gasteiger partial charge on any atom is -0.0259 e. The maximum absolute atomic E-state index is 3.40. The van der Waals surface area contributed by atoms with Crippen molar-refractivity contribution < 1.29 is 49.0 Å². The minimum Gasteiger partial charge on any atom is -1.00 e. The van der Waals surface area contributed by atoms with E-state index in [1.807, 2.05) is 6.07 Å². The van der Waals surface area contributed by atoms with Crippen molar-refractivity contribution in [1.82, 2.24) is 0 Å². The van der Waals surface area contributed by atoms with Crippen LogP contribution >= 0.6 is 0 Å². The van der Waals surface area contributed by atoms with E-state index in [9.17, 15) is 0 Å². The first-order valence-corrected chi connectivity index (χ1v) is 17.6. The van der Waals surface area contributed by atoms with Crippen LogP contribution < -0.4 is 24.8 Å². The molecule has 1 aliphatic rings. The predicted molar refractivity (Wildman–Crippen MR) is 198 cm³/mol. The summed E-state index contributed by atoms with van der Waals surface area (Å²) in [5, 5.41) is 5.27. The standard InChI is InChI=1S/C25H17.C12H19.C8H8.2ClH.Zr/c1-3-7-18(8-4-1)20-11-13-24-22(15-20)17-23-16-21(12-14-25(23)24)19-9-5-2-6-10-19;1-5-6-10-7-8-11(9-10)12(2,3)4;1-2-8-6-4-3-5-7-8;;;/h1-17H;8-10H,5-6H2,1-4H3;3-7H,1H3;2*1H;/q2*-1;;;;+2/p-2. The summed E-state index contributed by atoms with van der Waals surface area (Å²) in [6.45, 7) is 11.2. The number of fused-ring (bicyclic) bond motifs is 3. The number of halogens is 2. The fraction of sp³-hybridized carbons (Fsp3) is 0.200. The molecule has 0 N–H and O–H groups in total. The van der Waals surface area contributed by atoms with Gasteiger partial charge in [-0.1, -0.05) is 148 Å². The van der Waals surface area contributed by atoms with Crippen LogP contribution in [0.4, 0.5) is 0 Å². The summed E-state index contributed by atoms with van der Waals surface area (Å²) in [5.41, 5.74) is 8.18. The molecule has 0 radical (unpaired) electrons. The van der Waals surface area contributed by atoms with Gasteiger partial charge in [0.15, 0.2) is 0 Å². The monoisotopic (exact) mass is 744 g/mol. The summed E-state index contributed by atoms with van der Waals surface area (Å²) in [5.74, 6) is 0.587. The first-order chi connectivity index (χ1) is 22.2. The van der Waals surface area contributed by atoms with Crippen LogP contribution in [0.25, 0.3) is 43.8 Å². The second-order valence-electron chi connectivity index (χ2n) is 13.0. The first kappa shape index (κ1) is 39.2. The summed E-state index contributed by atoms with van der Waals surface area (Å²) in [6.07, 6.45) is 10.4. The average molecular weight is 747 g/mol. The van der Waals surface area contributed by atoms with Gasteiger partial charge in [0.2, 0.25) is 0 Å². The number of allylic oxidation sites excluding steroid dienone is 4. The third-order valence-corrected chi connectivity index (χ3v) is 9.13. The maximum atomic E-state index is 3.40. The van der Waals surface area contributed by atoms with E-state index in [0.29, 0.717) is 11.3 Å². The van der Waals surface area contributed by atoms with Gasteiger partial charge in [0.25, 0.3) is 0 Å². The van der Waals surface area contributed by atoms with E-state index in [4.69, 9.17) is 0 Å². The summed E-state index contributed by atoms with van der Waals surface area (Å²) in [6, 6.07) is 47.5. The Morgan fingerprint density at radius 1 is 0.667 bits per heavy atom. The zero-order valence-electron chi connectivity index (χ0n) is 28.6. The Labute approximate surface area is 315 Å². The zero-order valence-corrected chi connectivity index (χ0v) is 32.6. The molecule has 0 bridgehead atoms. The van der Waals surface area contributed by atoms with Crippen LogP contribution in [0.2, 0.25) is 0 Å². The Morgan fingerprint density at radius 3 is 1.50 bits per heavy atom. The smallest absolute Gasteiger partial charge is 0.0259 e. The van der Waals surface area contributed by atoms with Crippen molar-refractivity contribution in [2.45, 2.75) is 47.5 Å². The van der Waals surface area contributed by atoms with Gasteiger partial charge >= 0.3 is 70.3 Å². The van der Waals surface area contributed by atoms with Gasteiger partial charge in [0, 0.05) is 0 Å². The van der Waals surface area contributed by atoms with Gasteiger partial charge in [-0.3, -0.25) is 6.08 Å². The molecule has 48 heavy (non-hydrogen) atoms. The molecule has 1 aliphatic carbocycles. The first-order valence-electron chi connectivity index (χ1n) is 16.4. The zero-order chi connectivity index (χ0) is 32.5. The molecule has 0 aliphatic heterocycles. The quantitative estimate of drug-likeness (QED) is 0.175. The van der Waals surface area contributed by atoms with Crippen LogP contribution in [-0.4, -0.2) is 3.21 Å². The summed E-state index contributed by atoms with van der Waals surface area (Å²) >= 11 is 1.51. The van der Waals surface area contributed by atoms with E-state index in [1.165, 1.54) is 95.2 Å². The van der Waals surface area contributed by atoms with E-state index < -0.39 is 0 Å². The van der Waals surface area contributed by atoms with Crippen molar-refractivity contribution in [2.75, 3.05) is 0 Å². The van der Waals surface area contributed by atoms with Gasteiger partial charge in [-0.15, -0.1) is 39.7 Å². The number of hydrogen-bond acceptors (Lipinski definition) is 0. The van der Waals surface area contributed by atoms with E-state index in [1.54, 1.807) is 0 Å². The molecule has 0 amide bonds. The SMILES string of the molecule is CCCC1[C-]=CC(C(C)(C)C)=C1.C[C](=[Zr+2])c1ccccc1.[Cl-].[Cl-].c1ccc(-c2ccc3c(c2)[cH-]c2cc(-c4ccccc4)ccc23)cc1. The molecule has 0 heterocycles. The Balaban J connectivity index is 0.000000228. The second-order valence-corrected chi connectivity index (χ2v) is 14.9. The predicted octanol–water partition coefficient (Wildman–Crippen LogP) is 6.58. The van der Waals surface area contributed by atoms with Gasteiger partial charge < -0.3 is 24.8 Å². The largest absolute Gasteiger partial charge is 1.00 e. The third kappa shape index (κ3) is 10.4. The van der Waals surface area contributed by atoms with E-state index in [0.717, 1.165) is 0 Å². The number of benzene rings is 5. The Kier molecular flexibility index (Phi) is 15.1. The summed E-state index contributed by atoms with van der Waals surface area (Å²) in [7, 11) is 0. The van der Waals surface area contributed by atoms with Crippen molar-refractivity contribution in [3.63, 3.8) is 0 Å². The molecule has 0 saturated carbocycles. The Morgan fingerprint density at radius 2 is 1.12 bits per heavy atom. The molecule has 244 valence electrons. The molecule has 1 atom stereocenters. The average Bonchev–Trinajstić information content (AvgIpc) is 3.71. The summed E-state index contributed by atoms with van der Waals surface area (Å²) in [4.78, 5) is 0. The summed E-state index contributed by atoms with van der Waals surface area (Å²) < 4.78 is 1.46. The normalized spacial score (nSPS) is 13.3. The van der Waals surface area contributed by atoms with Crippen LogP contribution in [0, 0.1) is 17.4 Å². The van der Waals surface area contributed by atoms with Crippen molar-refractivity contribution >= 4 is 24.8 Å². The second kappa shape index (κ2) is 18.5. The molecule has 6 aromatic carbocycles.